The summed E-state index contributed by atoms with van der Waals surface area (Å²) in [6, 6.07) is 1.08. The summed E-state index contributed by atoms with van der Waals surface area (Å²) in [5.74, 6) is 0. The quantitative estimate of drug-likeness (QED) is 0.697. The molecule has 0 aromatic rings. The van der Waals surface area contributed by atoms with Crippen LogP contribution in [-0.4, -0.2) is 30.6 Å². The fourth-order valence-corrected chi connectivity index (χ4v) is 2.21. The molecular formula is C10H22N2. The summed E-state index contributed by atoms with van der Waals surface area (Å²) in [5.41, 5.74) is 6.07. The molecule has 0 radical (unpaired) electrons. The number of likely N-dealkylation sites (N-methyl/N-ethyl adjacent to an activating group) is 1. The van der Waals surface area contributed by atoms with Crippen molar-refractivity contribution in [2.75, 3.05) is 13.6 Å². The normalized spacial score (nSPS) is 31.0. The van der Waals surface area contributed by atoms with Gasteiger partial charge in [-0.2, -0.15) is 0 Å². The first-order valence-electron chi connectivity index (χ1n) is 5.21. The molecule has 1 aliphatic rings. The molecule has 0 aromatic heterocycles. The van der Waals surface area contributed by atoms with Crippen molar-refractivity contribution < 1.29 is 0 Å². The van der Waals surface area contributed by atoms with E-state index in [2.05, 4.69) is 18.9 Å². The molecule has 72 valence electrons. The second-order valence-corrected chi connectivity index (χ2v) is 4.00. The molecular weight excluding hydrogens is 148 g/mol. The number of hydrogen-bond donors (Lipinski definition) is 1. The largest absolute Gasteiger partial charge is 0.326 e. The van der Waals surface area contributed by atoms with Crippen LogP contribution >= 0.6 is 0 Å². The molecule has 2 N–H and O–H groups in total. The van der Waals surface area contributed by atoms with E-state index in [0.717, 1.165) is 0 Å². The average Bonchev–Trinajstić information content (AvgIpc) is 2.05. The Kier molecular flexibility index (Phi) is 4.02. The van der Waals surface area contributed by atoms with Crippen molar-refractivity contribution in [1.29, 1.82) is 0 Å². The van der Waals surface area contributed by atoms with Crippen LogP contribution in [-0.2, 0) is 0 Å². The average molecular weight is 170 g/mol. The Labute approximate surface area is 76.1 Å². The molecule has 2 atom stereocenters. The van der Waals surface area contributed by atoms with E-state index in [1.165, 1.54) is 38.6 Å². The van der Waals surface area contributed by atoms with E-state index in [0.29, 0.717) is 12.1 Å². The van der Waals surface area contributed by atoms with Gasteiger partial charge in [-0.1, -0.05) is 19.8 Å². The van der Waals surface area contributed by atoms with Gasteiger partial charge >= 0.3 is 0 Å². The van der Waals surface area contributed by atoms with E-state index in [1.54, 1.807) is 0 Å². The molecule has 2 unspecified atom stereocenters. The lowest BCUT2D eigenvalue weighted by Crippen LogP contribution is -2.48. The summed E-state index contributed by atoms with van der Waals surface area (Å²) in [6.07, 6.45) is 6.46. The van der Waals surface area contributed by atoms with Crippen molar-refractivity contribution >= 4 is 0 Å². The van der Waals surface area contributed by atoms with Crippen LogP contribution in [0.4, 0.5) is 0 Å². The Morgan fingerprint density at radius 2 is 2.00 bits per heavy atom. The first-order chi connectivity index (χ1) is 5.75. The topological polar surface area (TPSA) is 29.3 Å². The fourth-order valence-electron chi connectivity index (χ4n) is 2.21. The minimum Gasteiger partial charge on any atom is -0.326 e. The van der Waals surface area contributed by atoms with Gasteiger partial charge in [-0.05, 0) is 32.9 Å². The maximum absolute atomic E-state index is 6.07. The number of hydrogen-bond acceptors (Lipinski definition) is 2. The first-order valence-corrected chi connectivity index (χ1v) is 5.21. The van der Waals surface area contributed by atoms with Crippen LogP contribution in [0.5, 0.6) is 0 Å². The summed E-state index contributed by atoms with van der Waals surface area (Å²) in [4.78, 5) is 2.43. The summed E-state index contributed by atoms with van der Waals surface area (Å²) in [7, 11) is 2.21. The van der Waals surface area contributed by atoms with E-state index in [1.807, 2.05) is 0 Å². The Bertz CT molecular complexity index is 125. The van der Waals surface area contributed by atoms with Crippen LogP contribution in [0, 0.1) is 0 Å². The van der Waals surface area contributed by atoms with Crippen LogP contribution in [0.2, 0.25) is 0 Å². The van der Waals surface area contributed by atoms with Gasteiger partial charge in [0.05, 0.1) is 0 Å². The molecule has 1 fully saturated rings. The molecule has 0 spiro atoms. The molecule has 12 heavy (non-hydrogen) atoms. The number of nitrogens with two attached hydrogens (primary N) is 1. The van der Waals surface area contributed by atoms with E-state index < -0.39 is 0 Å². The zero-order valence-electron chi connectivity index (χ0n) is 8.42. The molecule has 0 saturated heterocycles. The predicted octanol–water partition coefficient (Wildman–Crippen LogP) is 1.60. The van der Waals surface area contributed by atoms with E-state index in [4.69, 9.17) is 5.73 Å². The number of nitrogens with zero attached hydrogens (tertiary/aromatic N) is 1. The van der Waals surface area contributed by atoms with Crippen molar-refractivity contribution in [3.8, 4) is 0 Å². The molecule has 0 bridgehead atoms. The van der Waals surface area contributed by atoms with E-state index in [9.17, 15) is 0 Å². The van der Waals surface area contributed by atoms with Crippen molar-refractivity contribution in [1.82, 2.24) is 4.90 Å². The summed E-state index contributed by atoms with van der Waals surface area (Å²) in [5, 5.41) is 0. The minimum absolute atomic E-state index is 0.426. The predicted molar refractivity (Wildman–Crippen MR) is 53.2 cm³/mol. The highest BCUT2D eigenvalue weighted by Gasteiger charge is 2.24. The first kappa shape index (κ1) is 10.0. The number of rotatable bonds is 3. The molecule has 2 nitrogen and oxygen atoms in total. The lowest BCUT2D eigenvalue weighted by Gasteiger charge is -2.35. The second kappa shape index (κ2) is 4.83. The third-order valence-corrected chi connectivity index (χ3v) is 2.92. The van der Waals surface area contributed by atoms with Crippen LogP contribution in [0.25, 0.3) is 0 Å². The molecule has 0 aromatic carbocycles. The smallest absolute Gasteiger partial charge is 0.0244 e. The summed E-state index contributed by atoms with van der Waals surface area (Å²) in [6.45, 7) is 3.42. The van der Waals surface area contributed by atoms with Gasteiger partial charge < -0.3 is 10.6 Å². The van der Waals surface area contributed by atoms with E-state index >= 15 is 0 Å². The third kappa shape index (κ3) is 2.46. The standard InChI is InChI=1S/C10H22N2/c1-3-8-12(2)10-7-5-4-6-9(10)11/h9-10H,3-8,11H2,1-2H3. The monoisotopic (exact) mass is 170 g/mol. The van der Waals surface area contributed by atoms with Gasteiger partial charge in [0, 0.05) is 12.1 Å². The van der Waals surface area contributed by atoms with Crippen LogP contribution in [0.3, 0.4) is 0 Å². The highest BCUT2D eigenvalue weighted by molar-refractivity contribution is 4.84. The highest BCUT2D eigenvalue weighted by atomic mass is 15.1. The molecule has 0 amide bonds. The lowest BCUT2D eigenvalue weighted by molar-refractivity contribution is 0.169. The lowest BCUT2D eigenvalue weighted by atomic mass is 9.90. The minimum atomic E-state index is 0.426. The van der Waals surface area contributed by atoms with Crippen molar-refractivity contribution in [2.45, 2.75) is 51.1 Å². The molecule has 2 heteroatoms. The van der Waals surface area contributed by atoms with Crippen molar-refractivity contribution in [3.05, 3.63) is 0 Å². The summed E-state index contributed by atoms with van der Waals surface area (Å²) >= 11 is 0. The zero-order valence-corrected chi connectivity index (χ0v) is 8.42. The fraction of sp³-hybridized carbons (Fsp3) is 1.00. The molecule has 0 aliphatic heterocycles. The second-order valence-electron chi connectivity index (χ2n) is 4.00. The molecule has 1 rings (SSSR count). The Balaban J connectivity index is 2.36. The van der Waals surface area contributed by atoms with Gasteiger partial charge in [-0.15, -0.1) is 0 Å². The SMILES string of the molecule is CCCN(C)C1CCCCC1N. The Hall–Kier alpha value is -0.0800. The Morgan fingerprint density at radius 1 is 1.33 bits per heavy atom. The van der Waals surface area contributed by atoms with E-state index in [-0.39, 0.29) is 0 Å². The van der Waals surface area contributed by atoms with Crippen LogP contribution in [0.15, 0.2) is 0 Å². The van der Waals surface area contributed by atoms with Gasteiger partial charge in [0.1, 0.15) is 0 Å². The summed E-state index contributed by atoms with van der Waals surface area (Å²) < 4.78 is 0. The van der Waals surface area contributed by atoms with Gasteiger partial charge in [0.15, 0.2) is 0 Å². The highest BCUT2D eigenvalue weighted by Crippen LogP contribution is 2.20. The molecule has 1 aliphatic carbocycles. The third-order valence-electron chi connectivity index (χ3n) is 2.92. The van der Waals surface area contributed by atoms with Crippen molar-refractivity contribution in [3.63, 3.8) is 0 Å². The maximum atomic E-state index is 6.07. The van der Waals surface area contributed by atoms with Gasteiger partial charge in [0.2, 0.25) is 0 Å². The van der Waals surface area contributed by atoms with Crippen LogP contribution in [0.1, 0.15) is 39.0 Å². The molecule has 1 saturated carbocycles. The Morgan fingerprint density at radius 3 is 2.58 bits per heavy atom. The zero-order chi connectivity index (χ0) is 8.97. The van der Waals surface area contributed by atoms with Gasteiger partial charge in [0.25, 0.3) is 0 Å². The molecule has 0 heterocycles. The van der Waals surface area contributed by atoms with Crippen LogP contribution < -0.4 is 5.73 Å². The maximum Gasteiger partial charge on any atom is 0.0244 e. The van der Waals surface area contributed by atoms with Gasteiger partial charge in [-0.3, -0.25) is 0 Å². The van der Waals surface area contributed by atoms with Gasteiger partial charge in [-0.25, -0.2) is 0 Å². The van der Waals surface area contributed by atoms with Crippen molar-refractivity contribution in [2.24, 2.45) is 5.73 Å².